The van der Waals surface area contributed by atoms with Gasteiger partial charge in [-0.15, -0.1) is 0 Å². The molecule has 5 nitrogen and oxygen atoms in total. The van der Waals surface area contributed by atoms with E-state index in [0.29, 0.717) is 24.7 Å². The van der Waals surface area contributed by atoms with Crippen LogP contribution >= 0.6 is 0 Å². The lowest BCUT2D eigenvalue weighted by Gasteiger charge is -2.31. The third kappa shape index (κ3) is 6.39. The number of rotatable bonds is 8. The summed E-state index contributed by atoms with van der Waals surface area (Å²) in [4.78, 5) is 2.20. The molecular weight excluding hydrogens is 519 g/mol. The Labute approximate surface area is 232 Å². The number of phenolic OH excluding ortho intramolecular Hbond substituents is 2. The average molecular weight is 554 g/mol. The van der Waals surface area contributed by atoms with Gasteiger partial charge in [-0.3, -0.25) is 4.90 Å². The predicted molar refractivity (Wildman–Crippen MR) is 148 cm³/mol. The Morgan fingerprint density at radius 3 is 2.50 bits per heavy atom. The van der Waals surface area contributed by atoms with Crippen LogP contribution in [0, 0.1) is 5.92 Å². The minimum atomic E-state index is -4.10. The summed E-state index contributed by atoms with van der Waals surface area (Å²) in [6, 6.07) is 19.9. The molecule has 3 aromatic carbocycles. The smallest absolute Gasteiger partial charge is 0.389 e. The minimum absolute atomic E-state index is 0.0742. The Morgan fingerprint density at radius 1 is 1.02 bits per heavy atom. The quantitative estimate of drug-likeness (QED) is 0.301. The van der Waals surface area contributed by atoms with Gasteiger partial charge in [0.05, 0.1) is 0 Å². The monoisotopic (exact) mass is 553 g/mol. The maximum Gasteiger partial charge on any atom is 0.389 e. The zero-order chi connectivity index (χ0) is 28.4. The van der Waals surface area contributed by atoms with Crippen LogP contribution in [0.15, 0.2) is 66.7 Å². The molecule has 1 unspecified atom stereocenters. The Balaban J connectivity index is 1.28. The molecule has 2 aliphatic rings. The molecule has 8 heteroatoms. The van der Waals surface area contributed by atoms with Gasteiger partial charge in [0.1, 0.15) is 35.7 Å². The van der Waals surface area contributed by atoms with Crippen LogP contribution in [0.2, 0.25) is 0 Å². The van der Waals surface area contributed by atoms with Crippen molar-refractivity contribution < 1.29 is 32.9 Å². The van der Waals surface area contributed by atoms with Crippen LogP contribution < -0.4 is 9.47 Å². The largest absolute Gasteiger partial charge is 0.508 e. The standard InChI is InChI=1S/C32H34F3NO4/c1-20(36-15-13-22(18-36)12-14-32(33,34)35)19-39-27-9-6-23(7-10-27)31-30(24-4-3-5-25(37)16-24)21(2)28-17-26(38)8-11-29(28)40-31/h3-11,16-17,20,22,31,37-38H,12-15,18-19H2,1-2H3/t20-,22+,31?/m0/s1. The van der Waals surface area contributed by atoms with Crippen molar-refractivity contribution in [1.29, 1.82) is 0 Å². The molecule has 212 valence electrons. The molecule has 3 aromatic rings. The number of benzene rings is 3. The van der Waals surface area contributed by atoms with Gasteiger partial charge in [-0.2, -0.15) is 13.2 Å². The highest BCUT2D eigenvalue weighted by atomic mass is 19.4. The molecule has 0 radical (unpaired) electrons. The maximum atomic E-state index is 12.6. The number of hydrogen-bond donors (Lipinski definition) is 2. The molecule has 0 aromatic heterocycles. The number of aromatic hydroxyl groups is 2. The molecule has 1 saturated heterocycles. The van der Waals surface area contributed by atoms with E-state index in [4.69, 9.17) is 9.47 Å². The number of halogens is 3. The highest BCUT2D eigenvalue weighted by Gasteiger charge is 2.33. The fourth-order valence-corrected chi connectivity index (χ4v) is 5.64. The van der Waals surface area contributed by atoms with Crippen LogP contribution in [0.3, 0.4) is 0 Å². The lowest BCUT2D eigenvalue weighted by atomic mass is 9.86. The van der Waals surface area contributed by atoms with Crippen LogP contribution in [-0.2, 0) is 0 Å². The summed E-state index contributed by atoms with van der Waals surface area (Å²) in [5.74, 6) is 1.74. The highest BCUT2D eigenvalue weighted by Crippen LogP contribution is 2.47. The Bertz CT molecular complexity index is 1370. The number of likely N-dealkylation sites (tertiary alicyclic amines) is 1. The van der Waals surface area contributed by atoms with Gasteiger partial charge in [0.25, 0.3) is 0 Å². The van der Waals surface area contributed by atoms with E-state index in [1.54, 1.807) is 36.4 Å². The summed E-state index contributed by atoms with van der Waals surface area (Å²) in [6.45, 7) is 5.92. The number of hydrogen-bond acceptors (Lipinski definition) is 5. The van der Waals surface area contributed by atoms with E-state index in [1.807, 2.05) is 44.2 Å². The molecule has 0 spiro atoms. The Kier molecular flexibility index (Phi) is 7.99. The highest BCUT2D eigenvalue weighted by molar-refractivity contribution is 5.95. The van der Waals surface area contributed by atoms with Crippen molar-refractivity contribution in [2.45, 2.75) is 51.4 Å². The fourth-order valence-electron chi connectivity index (χ4n) is 5.64. The molecule has 2 N–H and O–H groups in total. The van der Waals surface area contributed by atoms with Crippen LogP contribution in [0.1, 0.15) is 55.9 Å². The van der Waals surface area contributed by atoms with Gasteiger partial charge in [0, 0.05) is 30.1 Å². The molecule has 0 saturated carbocycles. The summed E-state index contributed by atoms with van der Waals surface area (Å²) in [7, 11) is 0. The molecule has 2 aliphatic heterocycles. The van der Waals surface area contributed by atoms with Crippen molar-refractivity contribution >= 4 is 11.1 Å². The van der Waals surface area contributed by atoms with Crippen molar-refractivity contribution in [3.8, 4) is 23.0 Å². The van der Waals surface area contributed by atoms with E-state index in [2.05, 4.69) is 4.90 Å². The molecule has 1 fully saturated rings. The van der Waals surface area contributed by atoms with Gasteiger partial charge in [-0.25, -0.2) is 0 Å². The van der Waals surface area contributed by atoms with Crippen molar-refractivity contribution in [3.63, 3.8) is 0 Å². The molecule has 0 aliphatic carbocycles. The van der Waals surface area contributed by atoms with Gasteiger partial charge in [0.2, 0.25) is 0 Å². The molecule has 0 bridgehead atoms. The van der Waals surface area contributed by atoms with E-state index in [-0.39, 0.29) is 29.9 Å². The van der Waals surface area contributed by atoms with Crippen LogP contribution in [0.25, 0.3) is 11.1 Å². The minimum Gasteiger partial charge on any atom is -0.508 e. The zero-order valence-electron chi connectivity index (χ0n) is 22.6. The summed E-state index contributed by atoms with van der Waals surface area (Å²) < 4.78 is 50.2. The average Bonchev–Trinajstić information content (AvgIpc) is 3.40. The Hall–Kier alpha value is -3.65. The van der Waals surface area contributed by atoms with Crippen molar-refractivity contribution in [1.82, 2.24) is 4.90 Å². The first kappa shape index (κ1) is 27.9. The second-order valence-electron chi connectivity index (χ2n) is 10.8. The van der Waals surface area contributed by atoms with E-state index >= 15 is 0 Å². The number of allylic oxidation sites excluding steroid dienone is 1. The summed E-state index contributed by atoms with van der Waals surface area (Å²) in [6.07, 6.45) is -4.29. The van der Waals surface area contributed by atoms with E-state index < -0.39 is 18.7 Å². The summed E-state index contributed by atoms with van der Waals surface area (Å²) >= 11 is 0. The molecular formula is C32H34F3NO4. The first-order valence-corrected chi connectivity index (χ1v) is 13.6. The number of nitrogens with zero attached hydrogens (tertiary/aromatic N) is 1. The van der Waals surface area contributed by atoms with Crippen LogP contribution in [0.4, 0.5) is 13.2 Å². The topological polar surface area (TPSA) is 62.2 Å². The second kappa shape index (κ2) is 11.5. The van der Waals surface area contributed by atoms with Gasteiger partial charge in [-0.1, -0.05) is 24.3 Å². The van der Waals surface area contributed by atoms with Gasteiger partial charge in [-0.05, 0) is 98.3 Å². The first-order chi connectivity index (χ1) is 19.1. The number of fused-ring (bicyclic) bond motifs is 1. The lowest BCUT2D eigenvalue weighted by molar-refractivity contribution is -0.137. The van der Waals surface area contributed by atoms with E-state index in [9.17, 15) is 23.4 Å². The van der Waals surface area contributed by atoms with Gasteiger partial charge < -0.3 is 19.7 Å². The lowest BCUT2D eigenvalue weighted by Crippen LogP contribution is -2.35. The van der Waals surface area contributed by atoms with E-state index in [0.717, 1.165) is 40.8 Å². The normalized spacial score (nSPS) is 20.2. The molecule has 3 atom stereocenters. The van der Waals surface area contributed by atoms with Crippen molar-refractivity contribution in [2.24, 2.45) is 5.92 Å². The second-order valence-corrected chi connectivity index (χ2v) is 10.8. The first-order valence-electron chi connectivity index (χ1n) is 13.6. The van der Waals surface area contributed by atoms with Gasteiger partial charge in [0.15, 0.2) is 0 Å². The number of phenols is 2. The number of alkyl halides is 3. The predicted octanol–water partition coefficient (Wildman–Crippen LogP) is 7.59. The van der Waals surface area contributed by atoms with Crippen molar-refractivity contribution in [3.05, 3.63) is 83.4 Å². The van der Waals surface area contributed by atoms with Crippen LogP contribution in [-0.4, -0.2) is 47.0 Å². The Morgan fingerprint density at radius 2 is 1.77 bits per heavy atom. The third-order valence-electron chi connectivity index (χ3n) is 7.89. The fraction of sp³-hybridized carbons (Fsp3) is 0.375. The third-order valence-corrected chi connectivity index (χ3v) is 7.89. The molecule has 2 heterocycles. The maximum absolute atomic E-state index is 12.6. The molecule has 5 rings (SSSR count). The van der Waals surface area contributed by atoms with Crippen LogP contribution in [0.5, 0.6) is 23.0 Å². The van der Waals surface area contributed by atoms with Gasteiger partial charge >= 0.3 is 6.18 Å². The number of ether oxygens (including phenoxy) is 2. The van der Waals surface area contributed by atoms with Crippen molar-refractivity contribution in [2.75, 3.05) is 19.7 Å². The van der Waals surface area contributed by atoms with E-state index in [1.165, 1.54) is 0 Å². The SMILES string of the molecule is CC1=C(c2cccc(O)c2)C(c2ccc(OC[C@H](C)N3CC[C@@H](CCC(F)(F)F)C3)cc2)Oc2ccc(O)cc21. The summed E-state index contributed by atoms with van der Waals surface area (Å²) in [5.41, 5.74) is 4.37. The zero-order valence-corrected chi connectivity index (χ0v) is 22.6. The molecule has 40 heavy (non-hydrogen) atoms. The summed E-state index contributed by atoms with van der Waals surface area (Å²) in [5, 5.41) is 20.2. The molecule has 0 amide bonds.